The van der Waals surface area contributed by atoms with Crippen molar-refractivity contribution in [3.05, 3.63) is 60.2 Å². The summed E-state index contributed by atoms with van der Waals surface area (Å²) < 4.78 is 0. The summed E-state index contributed by atoms with van der Waals surface area (Å²) in [5.41, 5.74) is 2.45. The molecule has 5 nitrogen and oxygen atoms in total. The van der Waals surface area contributed by atoms with Gasteiger partial charge in [0.15, 0.2) is 0 Å². The number of imide groups is 1. The van der Waals surface area contributed by atoms with E-state index in [1.807, 2.05) is 37.3 Å². The number of nitrogens with one attached hydrogen (secondary N) is 1. The molecule has 0 spiro atoms. The van der Waals surface area contributed by atoms with E-state index in [2.05, 4.69) is 5.32 Å². The van der Waals surface area contributed by atoms with Gasteiger partial charge in [0.2, 0.25) is 17.7 Å². The van der Waals surface area contributed by atoms with E-state index in [-0.39, 0.29) is 29.9 Å². The maximum Gasteiger partial charge on any atom is 0.247 e. The van der Waals surface area contributed by atoms with Crippen LogP contribution in [-0.4, -0.2) is 28.7 Å². The zero-order valence-corrected chi connectivity index (χ0v) is 15.3. The summed E-state index contributed by atoms with van der Waals surface area (Å²) in [6.45, 7) is 2.05. The zero-order valence-electron chi connectivity index (χ0n) is 14.5. The molecule has 0 unspecified atom stereocenters. The van der Waals surface area contributed by atoms with E-state index < -0.39 is 5.25 Å². The van der Waals surface area contributed by atoms with Gasteiger partial charge in [-0.3, -0.25) is 14.4 Å². The van der Waals surface area contributed by atoms with Gasteiger partial charge in [-0.25, -0.2) is 4.90 Å². The van der Waals surface area contributed by atoms with E-state index >= 15 is 0 Å². The van der Waals surface area contributed by atoms with E-state index in [0.717, 1.165) is 12.0 Å². The molecule has 1 heterocycles. The number of nitrogens with zero attached hydrogens (tertiary/aromatic N) is 1. The van der Waals surface area contributed by atoms with Crippen LogP contribution in [0.3, 0.4) is 0 Å². The Morgan fingerprint density at radius 2 is 1.81 bits per heavy atom. The van der Waals surface area contributed by atoms with Crippen molar-refractivity contribution in [3.8, 4) is 0 Å². The molecular weight excluding hydrogens is 348 g/mol. The lowest BCUT2D eigenvalue weighted by Crippen LogP contribution is -2.31. The molecule has 1 saturated heterocycles. The fraction of sp³-hybridized carbons (Fsp3) is 0.250. The molecule has 6 heteroatoms. The Bertz CT molecular complexity index is 806. The number of thioether (sulfide) groups is 1. The van der Waals surface area contributed by atoms with Crippen LogP contribution >= 0.6 is 11.8 Å². The van der Waals surface area contributed by atoms with Crippen LogP contribution in [0.1, 0.15) is 18.9 Å². The molecule has 0 radical (unpaired) electrons. The number of carbonyl (C=O) groups is 3. The smallest absolute Gasteiger partial charge is 0.247 e. The monoisotopic (exact) mass is 368 g/mol. The summed E-state index contributed by atoms with van der Waals surface area (Å²) in [6, 6.07) is 16.6. The molecule has 0 aliphatic carbocycles. The van der Waals surface area contributed by atoms with Gasteiger partial charge in [-0.1, -0.05) is 37.3 Å². The third-order valence-electron chi connectivity index (χ3n) is 4.18. The predicted octanol–water partition coefficient (Wildman–Crippen LogP) is 3.25. The normalized spacial score (nSPS) is 16.8. The van der Waals surface area contributed by atoms with Crippen LogP contribution in [-0.2, 0) is 20.8 Å². The highest BCUT2D eigenvalue weighted by Gasteiger charge is 2.40. The average molecular weight is 368 g/mol. The van der Waals surface area contributed by atoms with E-state index in [1.165, 1.54) is 16.7 Å². The largest absolute Gasteiger partial charge is 0.325 e. The first-order valence-corrected chi connectivity index (χ1v) is 9.55. The summed E-state index contributed by atoms with van der Waals surface area (Å²) in [4.78, 5) is 38.1. The predicted molar refractivity (Wildman–Crippen MR) is 104 cm³/mol. The Balaban J connectivity index is 1.59. The first kappa shape index (κ1) is 18.2. The highest BCUT2D eigenvalue weighted by atomic mass is 32.2. The van der Waals surface area contributed by atoms with Crippen LogP contribution < -0.4 is 10.2 Å². The maximum absolute atomic E-state index is 12.6. The molecule has 2 aromatic rings. The highest BCUT2D eigenvalue weighted by molar-refractivity contribution is 8.01. The van der Waals surface area contributed by atoms with Crippen molar-refractivity contribution >= 4 is 40.9 Å². The van der Waals surface area contributed by atoms with Crippen LogP contribution in [0, 0.1) is 0 Å². The number of amides is 3. The number of rotatable bonds is 6. The molecule has 1 fully saturated rings. The Morgan fingerprint density at radius 3 is 2.46 bits per heavy atom. The van der Waals surface area contributed by atoms with Gasteiger partial charge in [0.1, 0.15) is 0 Å². The second-order valence-corrected chi connectivity index (χ2v) is 7.20. The maximum atomic E-state index is 12.6. The summed E-state index contributed by atoms with van der Waals surface area (Å²) in [6.07, 6.45) is 1.02. The zero-order chi connectivity index (χ0) is 18.5. The van der Waals surface area contributed by atoms with Crippen LogP contribution in [0.25, 0.3) is 0 Å². The third-order valence-corrected chi connectivity index (χ3v) is 5.38. The summed E-state index contributed by atoms with van der Waals surface area (Å²) in [5, 5.41) is 2.26. The molecule has 0 saturated carbocycles. The number of benzene rings is 2. The fourth-order valence-electron chi connectivity index (χ4n) is 2.78. The molecule has 1 aliphatic rings. The number of anilines is 2. The molecule has 1 atom stereocenters. The van der Waals surface area contributed by atoms with Gasteiger partial charge in [-0.15, -0.1) is 11.8 Å². The van der Waals surface area contributed by atoms with Crippen molar-refractivity contribution in [2.45, 2.75) is 25.0 Å². The minimum atomic E-state index is -0.519. The lowest BCUT2D eigenvalue weighted by Gasteiger charge is -2.15. The molecule has 1 N–H and O–H groups in total. The minimum Gasteiger partial charge on any atom is -0.325 e. The van der Waals surface area contributed by atoms with Gasteiger partial charge in [-0.2, -0.15) is 0 Å². The van der Waals surface area contributed by atoms with Gasteiger partial charge in [-0.05, 0) is 36.2 Å². The lowest BCUT2D eigenvalue weighted by atomic mass is 10.1. The summed E-state index contributed by atoms with van der Waals surface area (Å²) in [5.74, 6) is -0.537. The number of carbonyl (C=O) groups excluding carboxylic acids is 3. The Labute approximate surface area is 156 Å². The Hall–Kier alpha value is -2.60. The van der Waals surface area contributed by atoms with Crippen LogP contribution in [0.4, 0.5) is 11.4 Å². The van der Waals surface area contributed by atoms with E-state index in [0.29, 0.717) is 11.4 Å². The van der Waals surface area contributed by atoms with Gasteiger partial charge in [0.05, 0.1) is 16.7 Å². The van der Waals surface area contributed by atoms with Gasteiger partial charge in [0.25, 0.3) is 0 Å². The van der Waals surface area contributed by atoms with Gasteiger partial charge in [0, 0.05) is 12.1 Å². The number of hydrogen-bond donors (Lipinski definition) is 1. The molecule has 2 aromatic carbocycles. The topological polar surface area (TPSA) is 66.5 Å². The van der Waals surface area contributed by atoms with Crippen LogP contribution in [0.2, 0.25) is 0 Å². The SMILES string of the molecule is CCc1ccc(N2C(=O)C[C@@H](SCC(=O)Nc3ccccc3)C2=O)cc1. The first-order valence-electron chi connectivity index (χ1n) is 8.50. The number of hydrogen-bond acceptors (Lipinski definition) is 4. The van der Waals surface area contributed by atoms with E-state index in [1.54, 1.807) is 24.3 Å². The van der Waals surface area contributed by atoms with Crippen molar-refractivity contribution < 1.29 is 14.4 Å². The molecule has 0 bridgehead atoms. The second kappa shape index (κ2) is 8.19. The fourth-order valence-corrected chi connectivity index (χ4v) is 3.71. The number of para-hydroxylation sites is 1. The molecular formula is C20H20N2O3S. The second-order valence-electron chi connectivity index (χ2n) is 6.01. The molecule has 3 rings (SSSR count). The van der Waals surface area contributed by atoms with Gasteiger partial charge >= 0.3 is 0 Å². The standard InChI is InChI=1S/C20H20N2O3S/c1-2-14-8-10-16(11-9-14)22-19(24)12-17(20(22)25)26-13-18(23)21-15-6-4-3-5-7-15/h3-11,17H,2,12-13H2,1H3,(H,21,23)/t17-/m1/s1. The van der Waals surface area contributed by atoms with E-state index in [4.69, 9.17) is 0 Å². The first-order chi connectivity index (χ1) is 12.6. The lowest BCUT2D eigenvalue weighted by molar-refractivity contribution is -0.121. The van der Waals surface area contributed by atoms with Gasteiger partial charge < -0.3 is 5.32 Å². The van der Waals surface area contributed by atoms with Crippen molar-refractivity contribution in [2.75, 3.05) is 16.0 Å². The minimum absolute atomic E-state index is 0.123. The average Bonchev–Trinajstić information content (AvgIpc) is 2.94. The molecule has 0 aromatic heterocycles. The highest BCUT2D eigenvalue weighted by Crippen LogP contribution is 2.30. The third kappa shape index (κ3) is 4.14. The number of aryl methyl sites for hydroxylation is 1. The molecule has 134 valence electrons. The van der Waals surface area contributed by atoms with E-state index in [9.17, 15) is 14.4 Å². The molecule has 26 heavy (non-hydrogen) atoms. The molecule has 3 amide bonds. The summed E-state index contributed by atoms with van der Waals surface area (Å²) >= 11 is 1.21. The Kier molecular flexibility index (Phi) is 5.73. The quantitative estimate of drug-likeness (QED) is 0.795. The Morgan fingerprint density at radius 1 is 1.12 bits per heavy atom. The summed E-state index contributed by atoms with van der Waals surface area (Å²) in [7, 11) is 0. The van der Waals surface area contributed by atoms with Crippen LogP contribution in [0.15, 0.2) is 54.6 Å². The van der Waals surface area contributed by atoms with Crippen molar-refractivity contribution in [2.24, 2.45) is 0 Å². The molecule has 1 aliphatic heterocycles. The van der Waals surface area contributed by atoms with Crippen molar-refractivity contribution in [3.63, 3.8) is 0 Å². The van der Waals surface area contributed by atoms with Crippen LogP contribution in [0.5, 0.6) is 0 Å². The van der Waals surface area contributed by atoms with Crippen molar-refractivity contribution in [1.29, 1.82) is 0 Å². The van der Waals surface area contributed by atoms with Crippen molar-refractivity contribution in [1.82, 2.24) is 0 Å².